The normalized spacial score (nSPS) is 10.7. The summed E-state index contributed by atoms with van der Waals surface area (Å²) in [6.07, 6.45) is 1.92. The third kappa shape index (κ3) is 3.81. The number of carbonyl (C=O) groups is 1. The molecule has 1 N–H and O–H groups in total. The summed E-state index contributed by atoms with van der Waals surface area (Å²) < 4.78 is 1.43. The third-order valence-corrected chi connectivity index (χ3v) is 3.91. The monoisotopic (exact) mass is 341 g/mol. The molecule has 6 heteroatoms. The van der Waals surface area contributed by atoms with Gasteiger partial charge in [-0.15, -0.1) is 0 Å². The second-order valence-corrected chi connectivity index (χ2v) is 5.84. The minimum Gasteiger partial charge on any atom is -0.354 e. The van der Waals surface area contributed by atoms with Gasteiger partial charge in [0.2, 0.25) is 5.91 Å². The molecule has 0 atom stereocenters. The van der Waals surface area contributed by atoms with Crippen LogP contribution in [0.15, 0.2) is 59.5 Å². The molecule has 24 heavy (non-hydrogen) atoms. The Balaban J connectivity index is 1.65. The number of amides is 1. The lowest BCUT2D eigenvalue weighted by Crippen LogP contribution is -2.33. The number of hydrogen-bond donors (Lipinski definition) is 1. The standard InChI is InChI=1S/C18H16ClN3O2/c19-14-5-3-4-13(10-14)8-9-20-17(23)12-22-16-7-2-1-6-15(16)21-11-18(22)24/h1-7,10-11H,8-9,12H2,(H,20,23). The Bertz CT molecular complexity index is 937. The molecule has 0 aliphatic rings. The molecule has 0 aliphatic heterocycles. The van der Waals surface area contributed by atoms with Gasteiger partial charge in [-0.2, -0.15) is 0 Å². The highest BCUT2D eigenvalue weighted by atomic mass is 35.5. The van der Waals surface area contributed by atoms with Gasteiger partial charge in [0, 0.05) is 11.6 Å². The van der Waals surface area contributed by atoms with Gasteiger partial charge >= 0.3 is 0 Å². The van der Waals surface area contributed by atoms with Gasteiger partial charge in [-0.3, -0.25) is 14.2 Å². The number of nitrogens with one attached hydrogen (secondary N) is 1. The van der Waals surface area contributed by atoms with E-state index in [2.05, 4.69) is 10.3 Å². The van der Waals surface area contributed by atoms with Gasteiger partial charge in [-0.25, -0.2) is 4.98 Å². The Morgan fingerprint density at radius 3 is 2.83 bits per heavy atom. The van der Waals surface area contributed by atoms with Crippen molar-refractivity contribution in [3.63, 3.8) is 0 Å². The average molecular weight is 342 g/mol. The van der Waals surface area contributed by atoms with Crippen LogP contribution in [-0.2, 0) is 17.8 Å². The van der Waals surface area contributed by atoms with E-state index in [9.17, 15) is 9.59 Å². The molecule has 2 aromatic carbocycles. The van der Waals surface area contributed by atoms with Gasteiger partial charge in [-0.1, -0.05) is 35.9 Å². The lowest BCUT2D eigenvalue weighted by Gasteiger charge is -2.10. The Hall–Kier alpha value is -2.66. The Labute approximate surface area is 143 Å². The van der Waals surface area contributed by atoms with Crippen LogP contribution in [0.25, 0.3) is 11.0 Å². The Morgan fingerprint density at radius 1 is 1.17 bits per heavy atom. The van der Waals surface area contributed by atoms with Gasteiger partial charge in [-0.05, 0) is 36.2 Å². The zero-order chi connectivity index (χ0) is 16.9. The van der Waals surface area contributed by atoms with Crippen molar-refractivity contribution in [2.75, 3.05) is 6.54 Å². The first-order chi connectivity index (χ1) is 11.6. The van der Waals surface area contributed by atoms with Crippen molar-refractivity contribution in [3.05, 3.63) is 75.7 Å². The van der Waals surface area contributed by atoms with Crippen LogP contribution in [0.2, 0.25) is 5.02 Å². The molecular weight excluding hydrogens is 326 g/mol. The first-order valence-electron chi connectivity index (χ1n) is 7.59. The highest BCUT2D eigenvalue weighted by molar-refractivity contribution is 6.30. The van der Waals surface area contributed by atoms with Crippen LogP contribution in [0.4, 0.5) is 0 Å². The maximum atomic E-state index is 12.1. The lowest BCUT2D eigenvalue weighted by atomic mass is 10.1. The van der Waals surface area contributed by atoms with E-state index in [1.54, 1.807) is 6.07 Å². The van der Waals surface area contributed by atoms with Crippen LogP contribution in [0.1, 0.15) is 5.56 Å². The molecule has 0 aliphatic carbocycles. The first-order valence-corrected chi connectivity index (χ1v) is 7.97. The highest BCUT2D eigenvalue weighted by Crippen LogP contribution is 2.11. The van der Waals surface area contributed by atoms with Gasteiger partial charge in [0.05, 0.1) is 17.2 Å². The number of carbonyl (C=O) groups excluding carboxylic acids is 1. The average Bonchev–Trinajstić information content (AvgIpc) is 2.58. The fraction of sp³-hybridized carbons (Fsp3) is 0.167. The van der Waals surface area contributed by atoms with Crippen molar-refractivity contribution >= 4 is 28.5 Å². The van der Waals surface area contributed by atoms with E-state index in [0.29, 0.717) is 29.0 Å². The molecule has 0 bridgehead atoms. The van der Waals surface area contributed by atoms with Crippen molar-refractivity contribution < 1.29 is 4.79 Å². The quantitative estimate of drug-likeness (QED) is 0.775. The molecule has 3 aromatic rings. The molecule has 0 radical (unpaired) electrons. The molecule has 3 rings (SSSR count). The van der Waals surface area contributed by atoms with Crippen LogP contribution >= 0.6 is 11.6 Å². The van der Waals surface area contributed by atoms with E-state index in [1.165, 1.54) is 10.8 Å². The summed E-state index contributed by atoms with van der Waals surface area (Å²) in [4.78, 5) is 28.2. The number of nitrogens with zero attached hydrogens (tertiary/aromatic N) is 2. The molecule has 0 saturated heterocycles. The molecule has 1 heterocycles. The van der Waals surface area contributed by atoms with Crippen molar-refractivity contribution in [1.82, 2.24) is 14.9 Å². The summed E-state index contributed by atoms with van der Waals surface area (Å²) >= 11 is 5.94. The Morgan fingerprint density at radius 2 is 2.00 bits per heavy atom. The number of aromatic nitrogens is 2. The molecule has 0 saturated carbocycles. The second-order valence-electron chi connectivity index (χ2n) is 5.40. The topological polar surface area (TPSA) is 64.0 Å². The maximum Gasteiger partial charge on any atom is 0.269 e. The van der Waals surface area contributed by atoms with Crippen LogP contribution < -0.4 is 10.9 Å². The summed E-state index contributed by atoms with van der Waals surface area (Å²) in [7, 11) is 0. The van der Waals surface area contributed by atoms with Gasteiger partial charge in [0.25, 0.3) is 5.56 Å². The van der Waals surface area contributed by atoms with Crippen LogP contribution in [0.3, 0.4) is 0 Å². The van der Waals surface area contributed by atoms with E-state index < -0.39 is 0 Å². The molecule has 5 nitrogen and oxygen atoms in total. The van der Waals surface area contributed by atoms with Crippen molar-refractivity contribution in [3.8, 4) is 0 Å². The van der Waals surface area contributed by atoms with Crippen LogP contribution in [-0.4, -0.2) is 22.0 Å². The van der Waals surface area contributed by atoms with Crippen LogP contribution in [0.5, 0.6) is 0 Å². The van der Waals surface area contributed by atoms with Gasteiger partial charge < -0.3 is 5.32 Å². The Kier molecular flexibility index (Phi) is 4.91. The van der Waals surface area contributed by atoms with Crippen LogP contribution in [0, 0.1) is 0 Å². The molecule has 0 fully saturated rings. The number of rotatable bonds is 5. The van der Waals surface area contributed by atoms with Crippen molar-refractivity contribution in [2.45, 2.75) is 13.0 Å². The van der Waals surface area contributed by atoms with E-state index in [-0.39, 0.29) is 18.0 Å². The van der Waals surface area contributed by atoms with E-state index in [0.717, 1.165) is 5.56 Å². The molecule has 122 valence electrons. The molecule has 1 amide bonds. The number of hydrogen-bond acceptors (Lipinski definition) is 3. The number of fused-ring (bicyclic) bond motifs is 1. The van der Waals surface area contributed by atoms with E-state index in [1.807, 2.05) is 42.5 Å². The lowest BCUT2D eigenvalue weighted by molar-refractivity contribution is -0.121. The zero-order valence-electron chi connectivity index (χ0n) is 12.9. The maximum absolute atomic E-state index is 12.1. The molecule has 0 unspecified atom stereocenters. The summed E-state index contributed by atoms with van der Waals surface area (Å²) in [6, 6.07) is 14.8. The van der Waals surface area contributed by atoms with E-state index >= 15 is 0 Å². The fourth-order valence-corrected chi connectivity index (χ4v) is 2.73. The number of halogens is 1. The predicted octanol–water partition coefficient (Wildman–Crippen LogP) is 2.41. The zero-order valence-corrected chi connectivity index (χ0v) is 13.7. The van der Waals surface area contributed by atoms with Gasteiger partial charge in [0.15, 0.2) is 0 Å². The summed E-state index contributed by atoms with van der Waals surface area (Å²) in [6.45, 7) is 0.453. The second kappa shape index (κ2) is 7.27. The minimum absolute atomic E-state index is 0.0303. The third-order valence-electron chi connectivity index (χ3n) is 3.68. The van der Waals surface area contributed by atoms with E-state index in [4.69, 9.17) is 11.6 Å². The summed E-state index contributed by atoms with van der Waals surface area (Å²) in [5.74, 6) is -0.213. The first kappa shape index (κ1) is 16.2. The largest absolute Gasteiger partial charge is 0.354 e. The molecule has 0 spiro atoms. The SMILES string of the molecule is O=C(Cn1c(=O)cnc2ccccc21)NCCc1cccc(Cl)c1. The predicted molar refractivity (Wildman–Crippen MR) is 94.2 cm³/mol. The highest BCUT2D eigenvalue weighted by Gasteiger charge is 2.08. The number of para-hydroxylation sites is 2. The smallest absolute Gasteiger partial charge is 0.269 e. The molecular formula is C18H16ClN3O2. The fourth-order valence-electron chi connectivity index (χ4n) is 2.52. The van der Waals surface area contributed by atoms with Gasteiger partial charge in [0.1, 0.15) is 6.54 Å². The number of benzene rings is 2. The molecule has 1 aromatic heterocycles. The minimum atomic E-state index is -0.293. The van der Waals surface area contributed by atoms with Crippen molar-refractivity contribution in [1.29, 1.82) is 0 Å². The summed E-state index contributed by atoms with van der Waals surface area (Å²) in [5, 5.41) is 3.50. The van der Waals surface area contributed by atoms with Crippen molar-refractivity contribution in [2.24, 2.45) is 0 Å². The summed E-state index contributed by atoms with van der Waals surface area (Å²) in [5.41, 5.74) is 2.09.